The molecule has 3 saturated carbocycles. The molecule has 4 nitrogen and oxygen atoms in total. The number of nitrogens with zero attached hydrogens (tertiary/aromatic N) is 1. The fraction of sp³-hybridized carbons (Fsp3) is 0.762. The van der Waals surface area contributed by atoms with Gasteiger partial charge in [0.25, 0.3) is 0 Å². The molecule has 0 aromatic carbocycles. The third kappa shape index (κ3) is 2.12. The molecule has 0 saturated heterocycles. The van der Waals surface area contributed by atoms with E-state index in [1.165, 1.54) is 11.8 Å². The normalized spacial score (nSPS) is 47.5. The van der Waals surface area contributed by atoms with Gasteiger partial charge in [0.15, 0.2) is 5.78 Å². The van der Waals surface area contributed by atoms with Crippen LogP contribution < -0.4 is 0 Å². The number of thiocyanates is 1. The number of fused-ring (bicyclic) bond motifs is 5. The molecule has 0 heterocycles. The molecule has 1 N–H and O–H groups in total. The van der Waals surface area contributed by atoms with Crippen LogP contribution in [0.25, 0.3) is 0 Å². The van der Waals surface area contributed by atoms with Crippen molar-refractivity contribution in [3.63, 3.8) is 0 Å². The highest BCUT2D eigenvalue weighted by molar-refractivity contribution is 8.03. The summed E-state index contributed by atoms with van der Waals surface area (Å²) in [5.41, 5.74) is 0.0514. The molecule has 3 fully saturated rings. The molecule has 0 amide bonds. The number of Topliss-reactive ketones (excluding diaryl/α,β-unsaturated/α-hetero) is 1. The van der Waals surface area contributed by atoms with E-state index in [9.17, 15) is 20.0 Å². The summed E-state index contributed by atoms with van der Waals surface area (Å²) in [5.74, 6) is 1.59. The second-order valence-corrected chi connectivity index (χ2v) is 10.00. The number of aliphatic hydroxyl groups is 1. The molecule has 140 valence electrons. The Bertz CT molecular complexity index is 740. The lowest BCUT2D eigenvalue weighted by atomic mass is 9.39. The number of hydrogen-bond acceptors (Lipinski definition) is 5. The first kappa shape index (κ1) is 18.3. The molecule has 4 aliphatic carbocycles. The highest BCUT2D eigenvalue weighted by atomic mass is 32.2. The lowest BCUT2D eigenvalue weighted by Crippen LogP contribution is -2.65. The molecular formula is C21H27NO3S. The average Bonchev–Trinajstić information content (AvgIpc) is 2.88. The zero-order chi connectivity index (χ0) is 18.7. The van der Waals surface area contributed by atoms with Crippen LogP contribution in [0.4, 0.5) is 0 Å². The molecule has 4 rings (SSSR count). The van der Waals surface area contributed by atoms with Crippen molar-refractivity contribution in [1.29, 1.82) is 5.26 Å². The third-order valence-electron chi connectivity index (χ3n) is 8.54. The maximum Gasteiger partial charge on any atom is 0.155 e. The minimum Gasteiger partial charge on any atom is -0.392 e. The molecule has 0 aromatic rings. The van der Waals surface area contributed by atoms with Gasteiger partial charge < -0.3 is 5.11 Å². The van der Waals surface area contributed by atoms with Gasteiger partial charge >= 0.3 is 0 Å². The maximum atomic E-state index is 12.6. The lowest BCUT2D eigenvalue weighted by Gasteiger charge is -2.66. The van der Waals surface area contributed by atoms with Crippen molar-refractivity contribution in [2.24, 2.45) is 28.1 Å². The first-order chi connectivity index (χ1) is 12.3. The number of hydrogen-bond donors (Lipinski definition) is 1. The van der Waals surface area contributed by atoms with E-state index >= 15 is 0 Å². The molecule has 0 radical (unpaired) electrons. The largest absolute Gasteiger partial charge is 0.392 e. The van der Waals surface area contributed by atoms with E-state index in [4.69, 9.17) is 0 Å². The van der Waals surface area contributed by atoms with Crippen LogP contribution in [0.15, 0.2) is 11.6 Å². The molecule has 0 bridgehead atoms. The highest BCUT2D eigenvalue weighted by Gasteiger charge is 2.69. The monoisotopic (exact) mass is 373 g/mol. The predicted molar refractivity (Wildman–Crippen MR) is 100 cm³/mol. The summed E-state index contributed by atoms with van der Waals surface area (Å²) in [4.78, 5) is 24.7. The van der Waals surface area contributed by atoms with E-state index in [0.717, 1.165) is 31.3 Å². The number of carbonyl (C=O) groups is 2. The minimum absolute atomic E-state index is 0.185. The molecule has 4 aliphatic rings. The molecule has 1 unspecified atom stereocenters. The van der Waals surface area contributed by atoms with Gasteiger partial charge in [-0.1, -0.05) is 19.4 Å². The van der Waals surface area contributed by atoms with Gasteiger partial charge in [0.1, 0.15) is 11.2 Å². The fourth-order valence-electron chi connectivity index (χ4n) is 7.10. The van der Waals surface area contributed by atoms with Crippen LogP contribution in [0.2, 0.25) is 0 Å². The van der Waals surface area contributed by atoms with E-state index < -0.39 is 16.9 Å². The van der Waals surface area contributed by atoms with Crippen molar-refractivity contribution in [1.82, 2.24) is 0 Å². The SMILES string of the molecule is C[C@]12CCC(=O)C=C1CC[C@H]1[C@@H]3CCC(=O)[C@@]3(C)CC(O)[C@@]12CSC#N. The Balaban J connectivity index is 1.87. The van der Waals surface area contributed by atoms with Gasteiger partial charge in [-0.15, -0.1) is 0 Å². The third-order valence-corrected chi connectivity index (χ3v) is 9.29. The smallest absolute Gasteiger partial charge is 0.155 e. The van der Waals surface area contributed by atoms with Crippen LogP contribution in [0.1, 0.15) is 58.8 Å². The van der Waals surface area contributed by atoms with Crippen molar-refractivity contribution in [3.05, 3.63) is 11.6 Å². The topological polar surface area (TPSA) is 78.2 Å². The number of nitriles is 1. The van der Waals surface area contributed by atoms with E-state index in [0.29, 0.717) is 30.8 Å². The maximum absolute atomic E-state index is 12.6. The molecule has 26 heavy (non-hydrogen) atoms. The van der Waals surface area contributed by atoms with Crippen LogP contribution in [-0.4, -0.2) is 28.5 Å². The Morgan fingerprint density at radius 3 is 2.69 bits per heavy atom. The summed E-state index contributed by atoms with van der Waals surface area (Å²) in [6, 6.07) is 0. The molecule has 0 aliphatic heterocycles. The van der Waals surface area contributed by atoms with Gasteiger partial charge in [0.05, 0.1) is 6.10 Å². The number of carbonyl (C=O) groups excluding carboxylic acids is 2. The highest BCUT2D eigenvalue weighted by Crippen LogP contribution is 2.71. The van der Waals surface area contributed by atoms with E-state index in [2.05, 4.69) is 19.2 Å². The average molecular weight is 374 g/mol. The molecule has 5 heteroatoms. The van der Waals surface area contributed by atoms with Crippen molar-refractivity contribution in [2.45, 2.75) is 64.9 Å². The Kier molecular flexibility index (Phi) is 4.17. The summed E-state index contributed by atoms with van der Waals surface area (Å²) >= 11 is 1.23. The summed E-state index contributed by atoms with van der Waals surface area (Å²) < 4.78 is 0. The van der Waals surface area contributed by atoms with Crippen molar-refractivity contribution in [2.75, 3.05) is 5.75 Å². The first-order valence-electron chi connectivity index (χ1n) is 9.76. The van der Waals surface area contributed by atoms with E-state index in [1.807, 2.05) is 6.08 Å². The minimum atomic E-state index is -0.612. The standard InChI is InChI=1S/C21H27NO3S/c1-19-10-18(25)21(11-26-12-22)16(15(19)5-6-17(19)24)4-3-13-9-14(23)7-8-20(13,21)2/h9,15-16,18,25H,3-8,10-11H2,1-2H3/t15-,16-,18?,19-,20-,21+/m0/s1. The Labute approximate surface area is 159 Å². The first-order valence-corrected chi connectivity index (χ1v) is 10.7. The summed E-state index contributed by atoms with van der Waals surface area (Å²) in [6.45, 7) is 4.26. The van der Waals surface area contributed by atoms with Crippen LogP contribution in [0.3, 0.4) is 0 Å². The summed E-state index contributed by atoms with van der Waals surface area (Å²) in [5, 5.41) is 23.0. The molecule has 0 spiro atoms. The summed E-state index contributed by atoms with van der Waals surface area (Å²) in [7, 11) is 0. The van der Waals surface area contributed by atoms with Crippen LogP contribution in [-0.2, 0) is 9.59 Å². The zero-order valence-electron chi connectivity index (χ0n) is 15.6. The quantitative estimate of drug-likeness (QED) is 0.748. The van der Waals surface area contributed by atoms with Crippen molar-refractivity contribution < 1.29 is 14.7 Å². The van der Waals surface area contributed by atoms with Gasteiger partial charge in [0.2, 0.25) is 0 Å². The van der Waals surface area contributed by atoms with Crippen molar-refractivity contribution in [3.8, 4) is 5.40 Å². The van der Waals surface area contributed by atoms with Gasteiger partial charge in [0, 0.05) is 29.4 Å². The zero-order valence-corrected chi connectivity index (χ0v) is 16.4. The number of allylic oxidation sites excluding steroid dienone is 1. The lowest BCUT2D eigenvalue weighted by molar-refractivity contribution is -0.183. The van der Waals surface area contributed by atoms with Crippen LogP contribution in [0, 0.1) is 38.7 Å². The molecule has 6 atom stereocenters. The molecule has 0 aromatic heterocycles. The number of aliphatic hydroxyl groups excluding tert-OH is 1. The predicted octanol–water partition coefficient (Wildman–Crippen LogP) is 3.64. The van der Waals surface area contributed by atoms with Gasteiger partial charge in [-0.2, -0.15) is 5.26 Å². The Morgan fingerprint density at radius 2 is 1.96 bits per heavy atom. The van der Waals surface area contributed by atoms with E-state index in [-0.39, 0.29) is 23.0 Å². The Morgan fingerprint density at radius 1 is 1.23 bits per heavy atom. The van der Waals surface area contributed by atoms with Crippen LogP contribution >= 0.6 is 11.8 Å². The van der Waals surface area contributed by atoms with Gasteiger partial charge in [-0.25, -0.2) is 0 Å². The summed E-state index contributed by atoms with van der Waals surface area (Å²) in [6.07, 6.45) is 6.26. The van der Waals surface area contributed by atoms with Crippen molar-refractivity contribution >= 4 is 23.3 Å². The second-order valence-electron chi connectivity index (χ2n) is 9.24. The van der Waals surface area contributed by atoms with Gasteiger partial charge in [-0.05, 0) is 67.2 Å². The molecular weight excluding hydrogens is 346 g/mol. The van der Waals surface area contributed by atoms with Gasteiger partial charge in [-0.3, -0.25) is 9.59 Å². The van der Waals surface area contributed by atoms with E-state index in [1.54, 1.807) is 0 Å². The number of thioether (sulfide) groups is 1. The fourth-order valence-corrected chi connectivity index (χ4v) is 8.13. The van der Waals surface area contributed by atoms with Crippen LogP contribution in [0.5, 0.6) is 0 Å². The Hall–Kier alpha value is -1.12. The second kappa shape index (κ2) is 5.94. The number of ketones is 2. The number of rotatable bonds is 2.